The number of nitrogens with two attached hydrogens (primary N) is 1. The van der Waals surface area contributed by atoms with E-state index in [0.29, 0.717) is 40.3 Å². The van der Waals surface area contributed by atoms with E-state index in [0.717, 1.165) is 13.0 Å². The largest absolute Gasteiger partial charge is 0.511 e. The van der Waals surface area contributed by atoms with Crippen molar-refractivity contribution in [3.63, 3.8) is 0 Å². The first-order chi connectivity index (χ1) is 22.0. The minimum Gasteiger partial charge on any atom is -0.431 e. The van der Waals surface area contributed by atoms with Crippen LogP contribution in [-0.2, 0) is 41.6 Å². The minimum atomic E-state index is -1.24. The molecular formula is C27H41Cl2N9O7S3. The molecule has 4 atom stereocenters. The van der Waals surface area contributed by atoms with Gasteiger partial charge in [0.25, 0.3) is 12.2 Å². The number of nitrogens with one attached hydrogen (secondary N) is 1. The topological polar surface area (TPSA) is 197 Å². The number of nitrogens with zero attached hydrogens (tertiary/aromatic N) is 7. The van der Waals surface area contributed by atoms with Gasteiger partial charge in [-0.1, -0.05) is 32.0 Å². The number of halogens is 2. The van der Waals surface area contributed by atoms with Gasteiger partial charge in [-0.05, 0) is 43.4 Å². The number of carbonyl (C=O) groups is 4. The predicted octanol–water partition coefficient (Wildman–Crippen LogP) is 2.73. The van der Waals surface area contributed by atoms with E-state index < -0.39 is 41.6 Å². The Bertz CT molecular complexity index is 1440. The maximum absolute atomic E-state index is 13.7. The second kappa shape index (κ2) is 19.4. The van der Waals surface area contributed by atoms with Crippen molar-refractivity contribution < 1.29 is 33.4 Å². The summed E-state index contributed by atoms with van der Waals surface area (Å²) in [6, 6.07) is -0.850. The molecule has 2 amide bonds. The number of ether oxygens (including phenoxy) is 3. The second-order valence-corrected chi connectivity index (χ2v) is 13.8. The number of esters is 1. The van der Waals surface area contributed by atoms with E-state index >= 15 is 0 Å². The minimum absolute atomic E-state index is 0. The Kier molecular flexibility index (Phi) is 16.7. The number of β-lactam (4-membered cyclic amide) rings is 1. The molecule has 21 heteroatoms. The van der Waals surface area contributed by atoms with Gasteiger partial charge in [-0.2, -0.15) is 0 Å². The molecule has 3 N–H and O–H groups in total. The number of anilines is 1. The Balaban J connectivity index is 0.00000400. The fourth-order valence-electron chi connectivity index (χ4n) is 4.59. The van der Waals surface area contributed by atoms with Gasteiger partial charge in [-0.25, -0.2) is 19.3 Å². The molecule has 0 radical (unpaired) electrons. The summed E-state index contributed by atoms with van der Waals surface area (Å²) in [6.45, 7) is 6.69. The van der Waals surface area contributed by atoms with Gasteiger partial charge in [-0.3, -0.25) is 14.5 Å². The fraction of sp³-hybridized carbons (Fsp3) is 0.630. The summed E-state index contributed by atoms with van der Waals surface area (Å²) >= 11 is 3.96. The van der Waals surface area contributed by atoms with Crippen LogP contribution in [0.4, 0.5) is 9.93 Å². The normalized spacial score (nSPS) is 18.1. The van der Waals surface area contributed by atoms with Crippen molar-refractivity contribution in [3.05, 3.63) is 22.3 Å². The summed E-state index contributed by atoms with van der Waals surface area (Å²) < 4.78 is 17.8. The summed E-state index contributed by atoms with van der Waals surface area (Å²) in [6.07, 6.45) is -0.943. The zero-order valence-corrected chi connectivity index (χ0v) is 31.2. The summed E-state index contributed by atoms with van der Waals surface area (Å²) in [5, 5.41) is 16.8. The molecule has 16 nitrogen and oxygen atoms in total. The van der Waals surface area contributed by atoms with Crippen molar-refractivity contribution in [2.24, 2.45) is 0 Å². The van der Waals surface area contributed by atoms with Crippen molar-refractivity contribution in [2.45, 2.75) is 82.0 Å². The van der Waals surface area contributed by atoms with Crippen LogP contribution < -0.4 is 11.1 Å². The maximum Gasteiger partial charge on any atom is 0.511 e. The highest BCUT2D eigenvalue weighted by atomic mass is 35.5. The third kappa shape index (κ3) is 10.8. The van der Waals surface area contributed by atoms with E-state index in [4.69, 9.17) is 19.9 Å². The number of tetrazole rings is 1. The van der Waals surface area contributed by atoms with Crippen molar-refractivity contribution >= 4 is 88.7 Å². The highest BCUT2D eigenvalue weighted by Gasteiger charge is 2.54. The summed E-state index contributed by atoms with van der Waals surface area (Å²) in [5.41, 5.74) is 6.83. The summed E-state index contributed by atoms with van der Waals surface area (Å²) in [5.74, 6) is -1.03. The van der Waals surface area contributed by atoms with Crippen LogP contribution >= 0.6 is 59.7 Å². The molecule has 1 saturated heterocycles. The number of carbonyl (C=O) groups excluding carboxylic acids is 4. The van der Waals surface area contributed by atoms with Crippen LogP contribution in [0, 0.1) is 0 Å². The van der Waals surface area contributed by atoms with E-state index in [1.807, 2.05) is 25.9 Å². The number of hydrogen-bond donors (Lipinski definition) is 2. The van der Waals surface area contributed by atoms with Gasteiger partial charge < -0.3 is 30.2 Å². The van der Waals surface area contributed by atoms with Crippen LogP contribution in [0.1, 0.15) is 45.7 Å². The highest BCUT2D eigenvalue weighted by Crippen LogP contribution is 2.42. The molecule has 2 aliphatic rings. The lowest BCUT2D eigenvalue weighted by molar-refractivity contribution is -0.173. The van der Waals surface area contributed by atoms with Crippen LogP contribution in [-0.4, -0.2) is 115 Å². The van der Waals surface area contributed by atoms with E-state index in [1.54, 1.807) is 23.9 Å². The zero-order valence-electron chi connectivity index (χ0n) is 27.2. The second-order valence-electron chi connectivity index (χ2n) is 10.9. The molecule has 2 aromatic rings. The Hall–Kier alpha value is -2.84. The molecule has 4 heterocycles. The smallest absolute Gasteiger partial charge is 0.431 e. The predicted molar refractivity (Wildman–Crippen MR) is 186 cm³/mol. The van der Waals surface area contributed by atoms with Gasteiger partial charge in [0.15, 0.2) is 5.13 Å². The van der Waals surface area contributed by atoms with Gasteiger partial charge in [0.2, 0.25) is 11.1 Å². The number of rotatable bonds is 16. The molecule has 0 saturated carbocycles. The molecule has 268 valence electrons. The Morgan fingerprint density at radius 2 is 1.96 bits per heavy atom. The number of hydrogen-bond acceptors (Lipinski definition) is 16. The van der Waals surface area contributed by atoms with Crippen molar-refractivity contribution in [3.8, 4) is 0 Å². The van der Waals surface area contributed by atoms with Crippen molar-refractivity contribution in [1.29, 1.82) is 0 Å². The standard InChI is InChI=1S/C27H39N9O7S3.2ClH/c1-6-8-15(3)41-27(40)43-19(7-2)42-24(39)21-16(13-46-26-31-32-33-35(26)10-9-34(4)5)12-44-23-20(22(38)36(21)23)30-18(37)11-17-14-45-25(28)29-17;;/h14-15,19-20,23H,6-13H2,1-5H3,(H2,28,29)(H,30,37);2*1H/t15?,19?,20-,23+;;/m1../s1. The van der Waals surface area contributed by atoms with Gasteiger partial charge in [0.05, 0.1) is 18.7 Å². The van der Waals surface area contributed by atoms with E-state index in [9.17, 15) is 19.2 Å². The lowest BCUT2D eigenvalue weighted by Gasteiger charge is -2.49. The lowest BCUT2D eigenvalue weighted by Crippen LogP contribution is -2.70. The quantitative estimate of drug-likeness (QED) is 0.109. The van der Waals surface area contributed by atoms with Gasteiger partial charge in [0, 0.05) is 29.9 Å². The highest BCUT2D eigenvalue weighted by molar-refractivity contribution is 8.01. The van der Waals surface area contributed by atoms with Gasteiger partial charge in [-0.15, -0.1) is 53.0 Å². The molecule has 2 unspecified atom stereocenters. The first-order valence-electron chi connectivity index (χ1n) is 14.8. The maximum atomic E-state index is 13.7. The average Bonchev–Trinajstić information content (AvgIpc) is 3.64. The number of fused-ring (bicyclic) bond motifs is 1. The molecular weight excluding hydrogens is 729 g/mol. The number of thiazole rings is 1. The summed E-state index contributed by atoms with van der Waals surface area (Å²) in [4.78, 5) is 59.7. The number of amides is 2. The lowest BCUT2D eigenvalue weighted by atomic mass is 10.0. The summed E-state index contributed by atoms with van der Waals surface area (Å²) in [7, 11) is 3.89. The van der Waals surface area contributed by atoms with Gasteiger partial charge in [0.1, 0.15) is 23.2 Å². The van der Waals surface area contributed by atoms with Crippen LogP contribution in [0.5, 0.6) is 0 Å². The van der Waals surface area contributed by atoms with Gasteiger partial charge >= 0.3 is 12.1 Å². The first kappa shape index (κ1) is 41.3. The number of nitrogen functional groups attached to an aromatic ring is 1. The Labute approximate surface area is 303 Å². The van der Waals surface area contributed by atoms with E-state index in [-0.39, 0.29) is 55.2 Å². The molecule has 0 spiro atoms. The Morgan fingerprint density at radius 1 is 1.21 bits per heavy atom. The molecule has 2 aliphatic heterocycles. The molecule has 48 heavy (non-hydrogen) atoms. The number of thioether (sulfide) groups is 2. The number of likely N-dealkylation sites (N-methyl/N-ethyl adjacent to an activating group) is 1. The number of aromatic nitrogens is 5. The van der Waals surface area contributed by atoms with E-state index in [1.165, 1.54) is 39.8 Å². The molecule has 4 rings (SSSR count). The third-order valence-corrected chi connectivity index (χ3v) is 10.00. The van der Waals surface area contributed by atoms with Crippen LogP contribution in [0.25, 0.3) is 0 Å². The van der Waals surface area contributed by atoms with Crippen LogP contribution in [0.2, 0.25) is 0 Å². The molecule has 0 aromatic carbocycles. The first-order valence-corrected chi connectivity index (χ1v) is 17.7. The average molecular weight is 771 g/mol. The zero-order chi connectivity index (χ0) is 33.4. The molecule has 0 aliphatic carbocycles. The van der Waals surface area contributed by atoms with E-state index in [2.05, 4.69) is 25.8 Å². The fourth-order valence-corrected chi connectivity index (χ4v) is 7.54. The SMILES string of the molecule is CCCC(C)OC(=O)OC(CC)OC(=O)C1=C(CSc2nnnn2CCN(C)C)CS[C@H]2[C@H](NC(=O)Cc3csc(N)n3)C(=O)N12.Cl.Cl. The monoisotopic (exact) mass is 769 g/mol. The Morgan fingerprint density at radius 3 is 2.60 bits per heavy atom. The molecule has 2 aromatic heterocycles. The van der Waals surface area contributed by atoms with Crippen molar-refractivity contribution in [1.82, 2.24) is 40.3 Å². The van der Waals surface area contributed by atoms with Crippen LogP contribution in [0.15, 0.2) is 21.8 Å². The van der Waals surface area contributed by atoms with Crippen molar-refractivity contribution in [2.75, 3.05) is 37.9 Å². The van der Waals surface area contributed by atoms with Crippen LogP contribution in [0.3, 0.4) is 0 Å². The third-order valence-electron chi connectivity index (χ3n) is 6.89. The molecule has 1 fully saturated rings. The molecule has 0 bridgehead atoms.